The Kier molecular flexibility index (Phi) is 9.21. The van der Waals surface area contributed by atoms with Gasteiger partial charge in [-0.2, -0.15) is 0 Å². The number of hydrogen-bond donors (Lipinski definition) is 1. The lowest BCUT2D eigenvalue weighted by Crippen LogP contribution is -2.44. The molecule has 36 heavy (non-hydrogen) atoms. The fourth-order valence-electron chi connectivity index (χ4n) is 5.07. The third kappa shape index (κ3) is 6.77. The van der Waals surface area contributed by atoms with Gasteiger partial charge in [0.25, 0.3) is 0 Å². The van der Waals surface area contributed by atoms with Crippen LogP contribution in [0.1, 0.15) is 43.0 Å². The summed E-state index contributed by atoms with van der Waals surface area (Å²) in [5, 5.41) is 10.7. The van der Waals surface area contributed by atoms with Gasteiger partial charge >= 0.3 is 5.97 Å². The predicted octanol–water partition coefficient (Wildman–Crippen LogP) is 6.55. The average molecular weight is 511 g/mol. The first-order valence-corrected chi connectivity index (χ1v) is 13.6. The molecule has 2 aromatic carbocycles. The summed E-state index contributed by atoms with van der Waals surface area (Å²) in [6.45, 7) is 4.40. The third-order valence-corrected chi connectivity index (χ3v) is 8.27. The van der Waals surface area contributed by atoms with Crippen molar-refractivity contribution in [3.63, 3.8) is 0 Å². The first-order chi connectivity index (χ1) is 17.4. The number of aliphatic carboxylic acids is 1. The molecule has 5 nitrogen and oxygen atoms in total. The first kappa shape index (κ1) is 26.4. The minimum atomic E-state index is -1.17. The zero-order valence-electron chi connectivity index (χ0n) is 21.0. The number of ether oxygens (including phenoxy) is 1. The van der Waals surface area contributed by atoms with Crippen molar-refractivity contribution in [2.75, 3.05) is 32.5 Å². The minimum Gasteiger partial charge on any atom is -0.497 e. The molecule has 7 heteroatoms. The molecule has 1 N–H and O–H groups in total. The highest BCUT2D eigenvalue weighted by molar-refractivity contribution is 7.99. The first-order valence-electron chi connectivity index (χ1n) is 12.7. The normalized spacial score (nSPS) is 19.3. The van der Waals surface area contributed by atoms with Gasteiger partial charge in [0.1, 0.15) is 11.9 Å². The summed E-state index contributed by atoms with van der Waals surface area (Å²) in [5.74, 6) is 0.439. The molecule has 0 radical (unpaired) electrons. The van der Waals surface area contributed by atoms with Crippen molar-refractivity contribution in [3.05, 3.63) is 65.9 Å². The van der Waals surface area contributed by atoms with E-state index in [1.807, 2.05) is 30.0 Å². The maximum Gasteiger partial charge on any atom is 0.308 e. The van der Waals surface area contributed by atoms with Crippen LogP contribution in [0, 0.1) is 18.8 Å². The van der Waals surface area contributed by atoms with Gasteiger partial charge in [0, 0.05) is 23.0 Å². The predicted molar refractivity (Wildman–Crippen MR) is 144 cm³/mol. The third-order valence-electron chi connectivity index (χ3n) is 7.18. The van der Waals surface area contributed by atoms with Crippen molar-refractivity contribution in [1.29, 1.82) is 0 Å². The molecular weight excluding hydrogens is 475 g/mol. The van der Waals surface area contributed by atoms with Gasteiger partial charge in [-0.25, -0.2) is 4.39 Å². The van der Waals surface area contributed by atoms with Crippen LogP contribution < -0.4 is 4.74 Å². The van der Waals surface area contributed by atoms with Crippen molar-refractivity contribution < 1.29 is 19.0 Å². The van der Waals surface area contributed by atoms with Crippen LogP contribution in [0.25, 0.3) is 10.9 Å². The second-order valence-electron chi connectivity index (χ2n) is 9.64. The molecule has 0 bridgehead atoms. The van der Waals surface area contributed by atoms with Crippen LogP contribution in [0.2, 0.25) is 0 Å². The van der Waals surface area contributed by atoms with Crippen LogP contribution in [0.3, 0.4) is 0 Å². The summed E-state index contributed by atoms with van der Waals surface area (Å²) < 4.78 is 20.7. The van der Waals surface area contributed by atoms with Gasteiger partial charge in [-0.1, -0.05) is 17.7 Å². The van der Waals surface area contributed by atoms with Gasteiger partial charge in [0.05, 0.1) is 18.5 Å². The standard InChI is InChI=1S/C29H35FN2O3S/c1-20-4-8-23(9-5-20)36-17-3-15-32-16-13-21(26(19-32)29(33)34)6-10-27(30)24-12-14-31-28-11-7-22(35-2)18-25(24)28/h4-5,7-9,11-12,14,18,21,26-27H,3,6,10,13,15-17,19H2,1-2H3,(H,33,34)/t21-,26+,27+/m1/s1. The fraction of sp³-hybridized carbons (Fsp3) is 0.448. The topological polar surface area (TPSA) is 62.7 Å². The van der Waals surface area contributed by atoms with E-state index in [2.05, 4.69) is 41.1 Å². The smallest absolute Gasteiger partial charge is 0.308 e. The number of carboxylic acid groups (broad SMARTS) is 1. The molecule has 0 spiro atoms. The molecule has 1 aliphatic heterocycles. The molecule has 0 unspecified atom stereocenters. The van der Waals surface area contributed by atoms with Crippen molar-refractivity contribution in [3.8, 4) is 5.75 Å². The molecule has 2 heterocycles. The highest BCUT2D eigenvalue weighted by atomic mass is 32.2. The monoisotopic (exact) mass is 510 g/mol. The number of piperidine rings is 1. The van der Waals surface area contributed by atoms with Crippen LogP contribution in [0.5, 0.6) is 5.75 Å². The zero-order valence-corrected chi connectivity index (χ0v) is 21.8. The number of aromatic nitrogens is 1. The Labute approximate surface area is 217 Å². The highest BCUT2D eigenvalue weighted by Crippen LogP contribution is 2.35. The summed E-state index contributed by atoms with van der Waals surface area (Å²) in [5.41, 5.74) is 2.58. The van der Waals surface area contributed by atoms with E-state index in [-0.39, 0.29) is 5.92 Å². The van der Waals surface area contributed by atoms with Gasteiger partial charge in [-0.05, 0) is 99.3 Å². The molecular formula is C29H35FN2O3S. The molecule has 1 aliphatic rings. The lowest BCUT2D eigenvalue weighted by molar-refractivity contribution is -0.146. The Balaban J connectivity index is 1.29. The van der Waals surface area contributed by atoms with E-state index in [0.717, 1.165) is 42.6 Å². The van der Waals surface area contributed by atoms with Crippen molar-refractivity contribution >= 4 is 28.6 Å². The fourth-order valence-corrected chi connectivity index (χ4v) is 5.91. The Morgan fingerprint density at radius 3 is 2.81 bits per heavy atom. The molecule has 3 aromatic rings. The van der Waals surface area contributed by atoms with Gasteiger partial charge in [0.15, 0.2) is 0 Å². The summed E-state index contributed by atoms with van der Waals surface area (Å²) in [4.78, 5) is 19.9. The van der Waals surface area contributed by atoms with Crippen LogP contribution in [0.15, 0.2) is 59.6 Å². The van der Waals surface area contributed by atoms with E-state index in [1.165, 1.54) is 10.5 Å². The molecule has 0 saturated carbocycles. The van der Waals surface area contributed by atoms with Gasteiger partial charge in [0.2, 0.25) is 0 Å². The number of benzene rings is 2. The Morgan fingerprint density at radius 1 is 1.25 bits per heavy atom. The number of halogens is 1. The number of fused-ring (bicyclic) bond motifs is 1. The van der Waals surface area contributed by atoms with E-state index in [1.54, 1.807) is 19.4 Å². The molecule has 0 amide bonds. The van der Waals surface area contributed by atoms with E-state index in [9.17, 15) is 9.90 Å². The Bertz CT molecular complexity index is 1160. The van der Waals surface area contributed by atoms with Gasteiger partial charge in [-0.3, -0.25) is 9.78 Å². The van der Waals surface area contributed by atoms with Crippen LogP contribution >= 0.6 is 11.8 Å². The molecule has 1 saturated heterocycles. The molecule has 1 aromatic heterocycles. The maximum atomic E-state index is 15.4. The number of methoxy groups -OCH3 is 1. The van der Waals surface area contributed by atoms with Crippen molar-refractivity contribution in [2.24, 2.45) is 11.8 Å². The molecule has 1 fully saturated rings. The molecule has 3 atom stereocenters. The van der Waals surface area contributed by atoms with Crippen molar-refractivity contribution in [1.82, 2.24) is 9.88 Å². The molecule has 4 rings (SSSR count). The van der Waals surface area contributed by atoms with E-state index >= 15 is 4.39 Å². The van der Waals surface area contributed by atoms with E-state index in [4.69, 9.17) is 4.74 Å². The number of hydrogen-bond acceptors (Lipinski definition) is 5. The number of rotatable bonds is 11. The lowest BCUT2D eigenvalue weighted by Gasteiger charge is -2.36. The zero-order chi connectivity index (χ0) is 25.5. The summed E-state index contributed by atoms with van der Waals surface area (Å²) >= 11 is 1.84. The van der Waals surface area contributed by atoms with Crippen LogP contribution in [-0.4, -0.2) is 53.5 Å². The second-order valence-corrected chi connectivity index (χ2v) is 10.8. The summed E-state index contributed by atoms with van der Waals surface area (Å²) in [6.07, 6.45) is 3.13. The lowest BCUT2D eigenvalue weighted by atomic mass is 9.81. The second kappa shape index (κ2) is 12.5. The quantitative estimate of drug-likeness (QED) is 0.233. The number of carbonyl (C=O) groups is 1. The SMILES string of the molecule is COc1ccc2nccc([C@@H](F)CC[C@@H]3CCN(CCCSc4ccc(C)cc4)C[C@@H]3C(=O)O)c2c1. The van der Waals surface area contributed by atoms with Crippen LogP contribution in [-0.2, 0) is 4.79 Å². The number of alkyl halides is 1. The maximum absolute atomic E-state index is 15.4. The Morgan fingerprint density at radius 2 is 2.06 bits per heavy atom. The molecule has 0 aliphatic carbocycles. The minimum absolute atomic E-state index is 0.0124. The number of likely N-dealkylation sites (tertiary alicyclic amines) is 1. The number of thioether (sulfide) groups is 1. The van der Waals surface area contributed by atoms with Gasteiger partial charge < -0.3 is 14.7 Å². The van der Waals surface area contributed by atoms with E-state index in [0.29, 0.717) is 30.7 Å². The van der Waals surface area contributed by atoms with Crippen molar-refractivity contribution in [2.45, 2.75) is 43.7 Å². The summed E-state index contributed by atoms with van der Waals surface area (Å²) in [6, 6.07) is 15.7. The van der Waals surface area contributed by atoms with E-state index < -0.39 is 18.1 Å². The largest absolute Gasteiger partial charge is 0.497 e. The number of nitrogens with zero attached hydrogens (tertiary/aromatic N) is 2. The molecule has 192 valence electrons. The summed E-state index contributed by atoms with van der Waals surface area (Å²) in [7, 11) is 1.59. The van der Waals surface area contributed by atoms with Gasteiger partial charge in [-0.15, -0.1) is 11.8 Å². The number of aryl methyl sites for hydroxylation is 1. The average Bonchev–Trinajstić information content (AvgIpc) is 2.90. The number of carboxylic acids is 1. The number of pyridine rings is 1. The van der Waals surface area contributed by atoms with Crippen LogP contribution in [0.4, 0.5) is 4.39 Å². The highest BCUT2D eigenvalue weighted by Gasteiger charge is 2.34. The Hall–Kier alpha value is -2.64.